The van der Waals surface area contributed by atoms with E-state index in [1.165, 1.54) is 12.0 Å². The van der Waals surface area contributed by atoms with Crippen LogP contribution >= 0.6 is 0 Å². The zero-order valence-corrected chi connectivity index (χ0v) is 9.03. The number of hydrogen-bond donors (Lipinski definition) is 0. The van der Waals surface area contributed by atoms with Crippen LogP contribution in [-0.4, -0.2) is 0 Å². The van der Waals surface area contributed by atoms with E-state index in [4.69, 9.17) is 0 Å². The first-order chi connectivity index (χ1) is 6.68. The van der Waals surface area contributed by atoms with Crippen molar-refractivity contribution in [2.75, 3.05) is 0 Å². The maximum Gasteiger partial charge on any atom is -0.00973 e. The molecule has 1 atom stereocenters. The zero-order chi connectivity index (χ0) is 10.0. The van der Waals surface area contributed by atoms with E-state index in [1.807, 2.05) is 0 Å². The summed E-state index contributed by atoms with van der Waals surface area (Å²) in [4.78, 5) is 0. The fraction of sp³-hybridized carbons (Fsp3) is 0.429. The third kappa shape index (κ3) is 2.25. The Kier molecular flexibility index (Phi) is 2.45. The first-order valence-electron chi connectivity index (χ1n) is 5.39. The highest BCUT2D eigenvalue weighted by molar-refractivity contribution is 5.18. The highest BCUT2D eigenvalue weighted by Gasteiger charge is 2.43. The summed E-state index contributed by atoms with van der Waals surface area (Å²) in [5.41, 5.74) is 1.98. The Balaban J connectivity index is 1.84. The number of benzene rings is 1. The Hall–Kier alpha value is -1.04. The van der Waals surface area contributed by atoms with Crippen molar-refractivity contribution < 1.29 is 0 Å². The van der Waals surface area contributed by atoms with Gasteiger partial charge in [0.1, 0.15) is 0 Å². The van der Waals surface area contributed by atoms with Crippen LogP contribution in [0.3, 0.4) is 0 Å². The standard InChI is InChI=1S/C14H18/c1-14(2)11-13(14)10-6-9-12-7-4-3-5-8-12/h3-8,10,13H,9,11H2,1-2H3/b10-6-. The second-order valence-electron chi connectivity index (χ2n) is 4.92. The van der Waals surface area contributed by atoms with Crippen LogP contribution in [0.1, 0.15) is 25.8 Å². The Morgan fingerprint density at radius 3 is 2.50 bits per heavy atom. The van der Waals surface area contributed by atoms with Crippen LogP contribution in [0.25, 0.3) is 0 Å². The topological polar surface area (TPSA) is 0 Å². The SMILES string of the molecule is CC1(C)CC1/C=C\Cc1ccccc1. The highest BCUT2D eigenvalue weighted by Crippen LogP contribution is 2.52. The normalized spacial score (nSPS) is 24.0. The van der Waals surface area contributed by atoms with E-state index in [1.54, 1.807) is 0 Å². The van der Waals surface area contributed by atoms with Gasteiger partial charge in [0.2, 0.25) is 0 Å². The average molecular weight is 186 g/mol. The molecule has 0 aromatic heterocycles. The van der Waals surface area contributed by atoms with Gasteiger partial charge in [-0.25, -0.2) is 0 Å². The number of allylic oxidation sites excluding steroid dienone is 2. The fourth-order valence-electron chi connectivity index (χ4n) is 1.82. The third-order valence-electron chi connectivity index (χ3n) is 3.15. The minimum Gasteiger partial charge on any atom is -0.0845 e. The largest absolute Gasteiger partial charge is 0.0845 e. The van der Waals surface area contributed by atoms with Crippen LogP contribution in [0, 0.1) is 11.3 Å². The minimum atomic E-state index is 0.577. The molecular weight excluding hydrogens is 168 g/mol. The summed E-state index contributed by atoms with van der Waals surface area (Å²) in [6.07, 6.45) is 7.13. The highest BCUT2D eigenvalue weighted by atomic mass is 14.5. The van der Waals surface area contributed by atoms with Crippen molar-refractivity contribution >= 4 is 0 Å². The van der Waals surface area contributed by atoms with Gasteiger partial charge in [0.15, 0.2) is 0 Å². The molecule has 74 valence electrons. The first-order valence-corrected chi connectivity index (χ1v) is 5.39. The van der Waals surface area contributed by atoms with E-state index in [0.717, 1.165) is 12.3 Å². The molecule has 0 bridgehead atoms. The van der Waals surface area contributed by atoms with E-state index in [0.29, 0.717) is 5.41 Å². The second-order valence-corrected chi connectivity index (χ2v) is 4.92. The Bertz CT molecular complexity index is 319. The molecule has 0 N–H and O–H groups in total. The van der Waals surface area contributed by atoms with Crippen molar-refractivity contribution in [2.24, 2.45) is 11.3 Å². The summed E-state index contributed by atoms with van der Waals surface area (Å²) in [7, 11) is 0. The molecule has 0 heteroatoms. The van der Waals surface area contributed by atoms with Crippen LogP contribution in [-0.2, 0) is 6.42 Å². The molecule has 1 aromatic carbocycles. The van der Waals surface area contributed by atoms with Crippen LogP contribution in [0.15, 0.2) is 42.5 Å². The fourth-order valence-corrected chi connectivity index (χ4v) is 1.82. The van der Waals surface area contributed by atoms with Crippen molar-refractivity contribution in [1.29, 1.82) is 0 Å². The molecule has 0 radical (unpaired) electrons. The molecule has 1 aliphatic carbocycles. The molecule has 0 saturated heterocycles. The van der Waals surface area contributed by atoms with Gasteiger partial charge in [-0.1, -0.05) is 56.3 Å². The molecule has 2 rings (SSSR count). The second kappa shape index (κ2) is 3.61. The molecule has 0 heterocycles. The molecule has 1 aromatic rings. The molecular formula is C14H18. The van der Waals surface area contributed by atoms with Crippen molar-refractivity contribution in [2.45, 2.75) is 26.7 Å². The van der Waals surface area contributed by atoms with Gasteiger partial charge in [-0.15, -0.1) is 0 Å². The molecule has 0 amide bonds. The smallest absolute Gasteiger partial charge is 0.00973 e. The van der Waals surface area contributed by atoms with Crippen molar-refractivity contribution in [3.8, 4) is 0 Å². The Morgan fingerprint density at radius 1 is 1.29 bits per heavy atom. The van der Waals surface area contributed by atoms with E-state index in [9.17, 15) is 0 Å². The van der Waals surface area contributed by atoms with Crippen molar-refractivity contribution in [3.05, 3.63) is 48.0 Å². The van der Waals surface area contributed by atoms with E-state index >= 15 is 0 Å². The maximum absolute atomic E-state index is 2.38. The average Bonchev–Trinajstić information content (AvgIpc) is 2.76. The van der Waals surface area contributed by atoms with Gasteiger partial charge in [0.05, 0.1) is 0 Å². The minimum absolute atomic E-state index is 0.577. The van der Waals surface area contributed by atoms with Crippen LogP contribution in [0.4, 0.5) is 0 Å². The van der Waals surface area contributed by atoms with Gasteiger partial charge < -0.3 is 0 Å². The molecule has 1 unspecified atom stereocenters. The molecule has 1 saturated carbocycles. The summed E-state index contributed by atoms with van der Waals surface area (Å²) in [5, 5.41) is 0. The molecule has 14 heavy (non-hydrogen) atoms. The molecule has 1 fully saturated rings. The Morgan fingerprint density at radius 2 is 1.93 bits per heavy atom. The molecule has 0 aliphatic heterocycles. The predicted molar refractivity (Wildman–Crippen MR) is 61.2 cm³/mol. The quantitative estimate of drug-likeness (QED) is 0.629. The summed E-state index contributed by atoms with van der Waals surface area (Å²) in [5.74, 6) is 0.825. The Labute approximate surface area is 86.7 Å². The zero-order valence-electron chi connectivity index (χ0n) is 9.03. The summed E-state index contributed by atoms with van der Waals surface area (Å²) in [6.45, 7) is 4.68. The summed E-state index contributed by atoms with van der Waals surface area (Å²) >= 11 is 0. The maximum atomic E-state index is 2.38. The van der Waals surface area contributed by atoms with Crippen LogP contribution < -0.4 is 0 Å². The molecule has 0 spiro atoms. The molecule has 0 nitrogen and oxygen atoms in total. The number of hydrogen-bond acceptors (Lipinski definition) is 0. The predicted octanol–water partition coefficient (Wildman–Crippen LogP) is 3.83. The van der Waals surface area contributed by atoms with E-state index < -0.39 is 0 Å². The lowest BCUT2D eigenvalue weighted by molar-refractivity contribution is 0.609. The number of rotatable bonds is 3. The van der Waals surface area contributed by atoms with Gasteiger partial charge in [-0.2, -0.15) is 0 Å². The lowest BCUT2D eigenvalue weighted by Gasteiger charge is -1.97. The van der Waals surface area contributed by atoms with E-state index in [2.05, 4.69) is 56.3 Å². The van der Waals surface area contributed by atoms with Gasteiger partial charge >= 0.3 is 0 Å². The molecule has 1 aliphatic rings. The van der Waals surface area contributed by atoms with Crippen molar-refractivity contribution in [1.82, 2.24) is 0 Å². The van der Waals surface area contributed by atoms with Gasteiger partial charge in [0.25, 0.3) is 0 Å². The van der Waals surface area contributed by atoms with Gasteiger partial charge in [0, 0.05) is 0 Å². The van der Waals surface area contributed by atoms with Crippen LogP contribution in [0.5, 0.6) is 0 Å². The monoisotopic (exact) mass is 186 g/mol. The summed E-state index contributed by atoms with van der Waals surface area (Å²) in [6, 6.07) is 10.6. The van der Waals surface area contributed by atoms with Crippen molar-refractivity contribution in [3.63, 3.8) is 0 Å². The summed E-state index contributed by atoms with van der Waals surface area (Å²) < 4.78 is 0. The first kappa shape index (κ1) is 9.51. The third-order valence-corrected chi connectivity index (χ3v) is 3.15. The van der Waals surface area contributed by atoms with Gasteiger partial charge in [-0.3, -0.25) is 0 Å². The van der Waals surface area contributed by atoms with Gasteiger partial charge in [-0.05, 0) is 29.7 Å². The lowest BCUT2D eigenvalue weighted by atomic mass is 10.1. The van der Waals surface area contributed by atoms with Crippen LogP contribution in [0.2, 0.25) is 0 Å². The lowest BCUT2D eigenvalue weighted by Crippen LogP contribution is -1.86. The van der Waals surface area contributed by atoms with E-state index in [-0.39, 0.29) is 0 Å².